The molecule has 0 aliphatic rings. The third-order valence-corrected chi connectivity index (χ3v) is 3.29. The zero-order valence-electron chi connectivity index (χ0n) is 13.0. The normalized spacial score (nSPS) is 13.7. The molecule has 0 aliphatic heterocycles. The molecule has 0 saturated carbocycles. The van der Waals surface area contributed by atoms with E-state index in [9.17, 15) is 0 Å². The number of nitrogens with two attached hydrogens (primary N) is 2. The fraction of sp³-hybridized carbons (Fsp3) is 0.357. The maximum Gasteiger partial charge on any atom is 0.332 e. The van der Waals surface area contributed by atoms with Gasteiger partial charge in [-0.2, -0.15) is 0 Å². The van der Waals surface area contributed by atoms with Crippen LogP contribution in [-0.4, -0.2) is 23.4 Å². The van der Waals surface area contributed by atoms with Crippen LogP contribution in [0.5, 0.6) is 5.75 Å². The lowest BCUT2D eigenvalue weighted by molar-refractivity contribution is 0.340. The average molecular weight is 345 g/mol. The summed E-state index contributed by atoms with van der Waals surface area (Å²) in [5.41, 5.74) is 13.0. The van der Waals surface area contributed by atoms with E-state index < -0.39 is 4.59 Å². The van der Waals surface area contributed by atoms with E-state index in [2.05, 4.69) is 5.10 Å². The predicted molar refractivity (Wildman–Crippen MR) is 98.8 cm³/mol. The van der Waals surface area contributed by atoms with Crippen molar-refractivity contribution >= 4 is 47.1 Å². The van der Waals surface area contributed by atoms with Gasteiger partial charge in [-0.1, -0.05) is 12.0 Å². The zero-order valence-corrected chi connectivity index (χ0v) is 14.6. The molecule has 122 valence electrons. The van der Waals surface area contributed by atoms with Crippen LogP contribution in [0.4, 0.5) is 5.69 Å². The molecule has 0 amide bonds. The molecule has 0 heterocycles. The Hall–Kier alpha value is -1.70. The van der Waals surface area contributed by atoms with Gasteiger partial charge in [0.15, 0.2) is 5.69 Å². The van der Waals surface area contributed by atoms with Gasteiger partial charge in [-0.05, 0) is 37.0 Å². The summed E-state index contributed by atoms with van der Waals surface area (Å²) in [6.45, 7) is 6.30. The second-order valence-corrected chi connectivity index (χ2v) is 4.89. The van der Waals surface area contributed by atoms with Gasteiger partial charge in [0.1, 0.15) is 5.75 Å². The molecule has 0 aromatic heterocycles. The first-order valence-electron chi connectivity index (χ1n) is 6.71. The number of hydrogen-bond acceptors (Lipinski definition) is 4. The molecule has 1 aromatic carbocycles. The third kappa shape index (κ3) is 4.16. The minimum atomic E-state index is -0.499. The van der Waals surface area contributed by atoms with Crippen molar-refractivity contribution < 1.29 is 4.74 Å². The molecule has 22 heavy (non-hydrogen) atoms. The largest absolute Gasteiger partial charge is 0.494 e. The Kier molecular flexibility index (Phi) is 8.00. The summed E-state index contributed by atoms with van der Waals surface area (Å²) in [4.78, 5) is 0. The van der Waals surface area contributed by atoms with Gasteiger partial charge in [0.25, 0.3) is 0 Å². The average Bonchev–Trinajstić information content (AvgIpc) is 2.45. The summed E-state index contributed by atoms with van der Waals surface area (Å²) in [7, 11) is 0. The monoisotopic (exact) mass is 344 g/mol. The second-order valence-electron chi connectivity index (χ2n) is 4.47. The summed E-state index contributed by atoms with van der Waals surface area (Å²) < 4.78 is 4.91. The van der Waals surface area contributed by atoms with Crippen LogP contribution >= 0.6 is 24.6 Å². The zero-order chi connectivity index (χ0) is 16.0. The van der Waals surface area contributed by atoms with Crippen LogP contribution in [0.3, 0.4) is 0 Å². The summed E-state index contributed by atoms with van der Waals surface area (Å²) in [6.07, 6.45) is 0.715. The highest BCUT2D eigenvalue weighted by Crippen LogP contribution is 2.27. The smallest absolute Gasteiger partial charge is 0.332 e. The van der Waals surface area contributed by atoms with Crippen LogP contribution in [0.2, 0.25) is 0 Å². The van der Waals surface area contributed by atoms with Crippen molar-refractivity contribution in [1.29, 1.82) is 5.41 Å². The Morgan fingerprint density at radius 2 is 1.82 bits per heavy atom. The van der Waals surface area contributed by atoms with Gasteiger partial charge < -0.3 is 16.2 Å². The Morgan fingerprint density at radius 3 is 2.18 bits per heavy atom. The maximum absolute atomic E-state index is 7.91. The van der Waals surface area contributed by atoms with Gasteiger partial charge in [-0.25, -0.2) is 5.41 Å². The van der Waals surface area contributed by atoms with Gasteiger partial charge in [0.2, 0.25) is 0 Å². The third-order valence-electron chi connectivity index (χ3n) is 3.02. The van der Waals surface area contributed by atoms with E-state index in [1.165, 1.54) is 0 Å². The summed E-state index contributed by atoms with van der Waals surface area (Å²) in [6, 6.07) is 7.09. The standard InChI is InChI=1S/C14H21N5OS.ClH/c1-4-10(3)18-19(13(15)16,14(17)21)11-6-8-12(9-7-11)20-5-2;/h6-9H,4-5H2,1-3H3,(H4-,15,16,17,21);1H/p+1/b18-10+;. The van der Waals surface area contributed by atoms with Crippen molar-refractivity contribution in [3.63, 3.8) is 0 Å². The molecule has 1 aromatic rings. The van der Waals surface area contributed by atoms with Crippen molar-refractivity contribution in [1.82, 2.24) is 4.59 Å². The van der Waals surface area contributed by atoms with Crippen molar-refractivity contribution in [3.8, 4) is 5.75 Å². The Bertz CT molecular complexity index is 545. The van der Waals surface area contributed by atoms with Crippen molar-refractivity contribution in [2.75, 3.05) is 6.61 Å². The molecule has 0 saturated heterocycles. The lowest BCUT2D eigenvalue weighted by atomic mass is 10.2. The van der Waals surface area contributed by atoms with E-state index in [0.717, 1.165) is 11.5 Å². The number of thiocarbonyl (C=S) groups is 1. The van der Waals surface area contributed by atoms with E-state index in [1.54, 1.807) is 24.3 Å². The van der Waals surface area contributed by atoms with Crippen LogP contribution in [0, 0.1) is 5.41 Å². The van der Waals surface area contributed by atoms with Crippen LogP contribution in [0.15, 0.2) is 29.4 Å². The van der Waals surface area contributed by atoms with E-state index in [4.69, 9.17) is 33.8 Å². The van der Waals surface area contributed by atoms with Crippen LogP contribution in [0.1, 0.15) is 27.2 Å². The topological polar surface area (TPSA) is 97.5 Å². The highest BCUT2D eigenvalue weighted by molar-refractivity contribution is 7.80. The first kappa shape index (κ1) is 20.3. The molecule has 0 fully saturated rings. The number of ether oxygens (including phenoxy) is 1. The first-order valence-corrected chi connectivity index (χ1v) is 7.12. The predicted octanol–water partition coefficient (Wildman–Crippen LogP) is 2.74. The number of hydrogen-bond donors (Lipinski definition) is 3. The molecule has 6 nitrogen and oxygen atoms in total. The van der Waals surface area contributed by atoms with E-state index in [-0.39, 0.29) is 23.5 Å². The highest BCUT2D eigenvalue weighted by Gasteiger charge is 2.40. The molecule has 0 radical (unpaired) electrons. The number of quaternary nitrogens is 1. The number of guanidine groups is 1. The van der Waals surface area contributed by atoms with Crippen molar-refractivity contribution in [2.24, 2.45) is 16.6 Å². The Balaban J connectivity index is 0.00000441. The molecule has 5 N–H and O–H groups in total. The summed E-state index contributed by atoms with van der Waals surface area (Å²) in [5, 5.41) is 12.4. The van der Waals surface area contributed by atoms with Gasteiger partial charge in [0.05, 0.1) is 12.3 Å². The van der Waals surface area contributed by atoms with Gasteiger partial charge >= 0.3 is 11.1 Å². The van der Waals surface area contributed by atoms with Crippen LogP contribution in [-0.2, 0) is 0 Å². The van der Waals surface area contributed by atoms with Gasteiger partial charge in [0, 0.05) is 24.4 Å². The first-order chi connectivity index (χ1) is 9.88. The fourth-order valence-electron chi connectivity index (χ4n) is 1.80. The van der Waals surface area contributed by atoms with E-state index in [1.807, 2.05) is 20.8 Å². The molecule has 1 rings (SSSR count). The Morgan fingerprint density at radius 1 is 1.27 bits per heavy atom. The number of nitrogens with zero attached hydrogens (tertiary/aromatic N) is 2. The van der Waals surface area contributed by atoms with E-state index >= 15 is 0 Å². The second kappa shape index (κ2) is 8.67. The number of nitrogens with one attached hydrogen (secondary N) is 1. The molecular formula is C14H23ClN5OS+. The van der Waals surface area contributed by atoms with E-state index in [0.29, 0.717) is 18.7 Å². The van der Waals surface area contributed by atoms with Crippen molar-refractivity contribution in [2.45, 2.75) is 27.2 Å². The molecular weight excluding hydrogens is 322 g/mol. The van der Waals surface area contributed by atoms with Crippen LogP contribution in [0.25, 0.3) is 0 Å². The SMILES string of the molecule is CCOc1ccc([N+](/N=C(\C)CC)(C(=N)N)C(N)=S)cc1.Cl. The molecule has 0 bridgehead atoms. The molecule has 0 spiro atoms. The minimum Gasteiger partial charge on any atom is -0.494 e. The molecule has 1 atom stereocenters. The quantitative estimate of drug-likeness (QED) is 0.251. The molecule has 8 heteroatoms. The minimum absolute atomic E-state index is 0. The fourth-order valence-corrected chi connectivity index (χ4v) is 2.04. The molecule has 1 unspecified atom stereocenters. The van der Waals surface area contributed by atoms with Crippen LogP contribution < -0.4 is 20.8 Å². The number of benzene rings is 1. The van der Waals surface area contributed by atoms with Crippen molar-refractivity contribution in [3.05, 3.63) is 24.3 Å². The Labute approximate surface area is 142 Å². The molecule has 0 aliphatic carbocycles. The highest BCUT2D eigenvalue weighted by atomic mass is 35.5. The van der Waals surface area contributed by atoms with Gasteiger partial charge in [-0.15, -0.1) is 12.4 Å². The number of rotatable bonds is 5. The lowest BCUT2D eigenvalue weighted by Crippen LogP contribution is -2.60. The number of halogens is 1. The summed E-state index contributed by atoms with van der Waals surface area (Å²) in [5.74, 6) is 0.474. The lowest BCUT2D eigenvalue weighted by Gasteiger charge is -2.27. The maximum atomic E-state index is 7.91. The van der Waals surface area contributed by atoms with Gasteiger partial charge in [-0.3, -0.25) is 0 Å². The summed E-state index contributed by atoms with van der Waals surface area (Å²) >= 11 is 5.13.